The zero-order valence-corrected chi connectivity index (χ0v) is 10.9. The number of nitrogens with one attached hydrogen (secondary N) is 1. The molecule has 1 aliphatic rings. The van der Waals surface area contributed by atoms with Crippen molar-refractivity contribution in [3.63, 3.8) is 0 Å². The van der Waals surface area contributed by atoms with E-state index in [0.717, 1.165) is 17.9 Å². The lowest BCUT2D eigenvalue weighted by Gasteiger charge is -2.22. The Morgan fingerprint density at radius 1 is 1.59 bits per heavy atom. The van der Waals surface area contributed by atoms with E-state index in [4.69, 9.17) is 5.26 Å². The van der Waals surface area contributed by atoms with Crippen molar-refractivity contribution in [2.45, 2.75) is 31.4 Å². The molecule has 3 nitrogen and oxygen atoms in total. The lowest BCUT2D eigenvalue weighted by molar-refractivity contribution is 0.677. The molecule has 4 heteroatoms. The Morgan fingerprint density at radius 2 is 2.47 bits per heavy atom. The van der Waals surface area contributed by atoms with Gasteiger partial charge >= 0.3 is 0 Å². The second kappa shape index (κ2) is 5.92. The van der Waals surface area contributed by atoms with E-state index >= 15 is 0 Å². The van der Waals surface area contributed by atoms with Gasteiger partial charge in [-0.3, -0.25) is 0 Å². The van der Waals surface area contributed by atoms with Gasteiger partial charge in [0.2, 0.25) is 0 Å². The van der Waals surface area contributed by atoms with Crippen molar-refractivity contribution in [2.24, 2.45) is 0 Å². The first kappa shape index (κ1) is 12.3. The van der Waals surface area contributed by atoms with Crippen LogP contribution in [-0.2, 0) is 0 Å². The number of hydrogen-bond acceptors (Lipinski definition) is 4. The van der Waals surface area contributed by atoms with Crippen LogP contribution in [0.4, 0.5) is 5.82 Å². The van der Waals surface area contributed by atoms with Crippen LogP contribution in [-0.4, -0.2) is 22.5 Å². The molecule has 0 spiro atoms. The quantitative estimate of drug-likeness (QED) is 0.892. The third-order valence-electron chi connectivity index (χ3n) is 3.04. The number of nitriles is 1. The van der Waals surface area contributed by atoms with E-state index in [0.29, 0.717) is 10.8 Å². The zero-order chi connectivity index (χ0) is 12.1. The molecule has 0 bridgehead atoms. The number of rotatable bonds is 3. The Hall–Kier alpha value is -1.21. The van der Waals surface area contributed by atoms with E-state index in [1.54, 1.807) is 6.20 Å². The highest BCUT2D eigenvalue weighted by molar-refractivity contribution is 7.99. The summed E-state index contributed by atoms with van der Waals surface area (Å²) in [6.45, 7) is 2.86. The van der Waals surface area contributed by atoms with Crippen LogP contribution in [0, 0.1) is 18.3 Å². The average Bonchev–Trinajstić information content (AvgIpc) is 2.37. The fraction of sp³-hybridized carbons (Fsp3) is 0.538. The van der Waals surface area contributed by atoms with Crippen molar-refractivity contribution in [2.75, 3.05) is 17.6 Å². The predicted octanol–water partition coefficient (Wildman–Crippen LogP) is 2.96. The van der Waals surface area contributed by atoms with Crippen LogP contribution in [0.5, 0.6) is 0 Å². The van der Waals surface area contributed by atoms with E-state index < -0.39 is 0 Å². The first-order chi connectivity index (χ1) is 8.31. The van der Waals surface area contributed by atoms with E-state index in [1.165, 1.54) is 25.0 Å². The Labute approximate surface area is 107 Å². The van der Waals surface area contributed by atoms with Gasteiger partial charge in [-0.2, -0.15) is 17.0 Å². The van der Waals surface area contributed by atoms with Crippen molar-refractivity contribution in [1.29, 1.82) is 5.26 Å². The maximum absolute atomic E-state index is 9.10. The van der Waals surface area contributed by atoms with Crippen molar-refractivity contribution in [3.05, 3.63) is 23.4 Å². The Kier molecular flexibility index (Phi) is 4.27. The molecular weight excluding hydrogens is 230 g/mol. The second-order valence-corrected chi connectivity index (χ2v) is 5.74. The van der Waals surface area contributed by atoms with E-state index in [-0.39, 0.29) is 0 Å². The van der Waals surface area contributed by atoms with Crippen LogP contribution in [0.1, 0.15) is 30.4 Å². The van der Waals surface area contributed by atoms with Gasteiger partial charge in [0.1, 0.15) is 11.9 Å². The normalized spacial score (nSPS) is 19.6. The van der Waals surface area contributed by atoms with Gasteiger partial charge in [-0.25, -0.2) is 4.98 Å². The summed E-state index contributed by atoms with van der Waals surface area (Å²) < 4.78 is 0. The van der Waals surface area contributed by atoms with Gasteiger partial charge in [-0.1, -0.05) is 6.42 Å². The van der Waals surface area contributed by atoms with E-state index in [2.05, 4.69) is 16.4 Å². The zero-order valence-electron chi connectivity index (χ0n) is 10.1. The highest BCUT2D eigenvalue weighted by Gasteiger charge is 2.14. The van der Waals surface area contributed by atoms with Crippen LogP contribution in [0.2, 0.25) is 0 Å². The molecule has 2 heterocycles. The molecule has 1 aromatic heterocycles. The number of thioether (sulfide) groups is 1. The number of aryl methyl sites for hydroxylation is 1. The first-order valence-corrected chi connectivity index (χ1v) is 7.07. The van der Waals surface area contributed by atoms with E-state index in [9.17, 15) is 0 Å². The van der Waals surface area contributed by atoms with Gasteiger partial charge in [-0.15, -0.1) is 0 Å². The number of nitrogens with zero attached hydrogens (tertiary/aromatic N) is 2. The molecular formula is C13H17N3S. The first-order valence-electron chi connectivity index (χ1n) is 6.02. The molecule has 0 amide bonds. The molecule has 2 rings (SSSR count). The topological polar surface area (TPSA) is 48.7 Å². The number of anilines is 1. The van der Waals surface area contributed by atoms with Crippen LogP contribution in [0.3, 0.4) is 0 Å². The van der Waals surface area contributed by atoms with Gasteiger partial charge in [0.25, 0.3) is 0 Å². The molecule has 1 aromatic rings. The van der Waals surface area contributed by atoms with Gasteiger partial charge in [0.15, 0.2) is 0 Å². The minimum Gasteiger partial charge on any atom is -0.368 e. The van der Waals surface area contributed by atoms with E-state index in [1.807, 2.05) is 24.8 Å². The molecule has 1 atom stereocenters. The third kappa shape index (κ3) is 3.13. The number of aromatic nitrogens is 1. The average molecular weight is 247 g/mol. The van der Waals surface area contributed by atoms with Crippen LogP contribution in [0.15, 0.2) is 12.3 Å². The second-order valence-electron chi connectivity index (χ2n) is 4.33. The summed E-state index contributed by atoms with van der Waals surface area (Å²) in [7, 11) is 0. The standard InChI is InChI=1S/C13H17N3S/c1-10-5-6-15-13(12(10)8-14)16-9-11-4-2-3-7-17-11/h5-6,11H,2-4,7,9H2,1H3,(H,15,16). The summed E-state index contributed by atoms with van der Waals surface area (Å²) in [5.74, 6) is 2.00. The summed E-state index contributed by atoms with van der Waals surface area (Å²) in [5.41, 5.74) is 1.66. The molecule has 90 valence electrons. The van der Waals surface area contributed by atoms with Gasteiger partial charge < -0.3 is 5.32 Å². The minimum atomic E-state index is 0.664. The Bertz CT molecular complexity index is 419. The maximum atomic E-state index is 9.10. The van der Waals surface area contributed by atoms with Crippen LogP contribution >= 0.6 is 11.8 Å². The van der Waals surface area contributed by atoms with Crippen molar-refractivity contribution in [3.8, 4) is 6.07 Å². The molecule has 0 radical (unpaired) electrons. The highest BCUT2D eigenvalue weighted by Crippen LogP contribution is 2.25. The molecule has 0 aromatic carbocycles. The van der Waals surface area contributed by atoms with Gasteiger partial charge in [0.05, 0.1) is 5.56 Å². The molecule has 17 heavy (non-hydrogen) atoms. The van der Waals surface area contributed by atoms with Crippen LogP contribution in [0.25, 0.3) is 0 Å². The molecule has 1 N–H and O–H groups in total. The number of pyridine rings is 1. The summed E-state index contributed by atoms with van der Waals surface area (Å²) in [4.78, 5) is 4.25. The van der Waals surface area contributed by atoms with Gasteiger partial charge in [0, 0.05) is 18.0 Å². The largest absolute Gasteiger partial charge is 0.368 e. The van der Waals surface area contributed by atoms with Gasteiger partial charge in [-0.05, 0) is 37.1 Å². The Balaban J connectivity index is 1.99. The summed E-state index contributed by atoms with van der Waals surface area (Å²) in [6.07, 6.45) is 5.69. The minimum absolute atomic E-state index is 0.664. The maximum Gasteiger partial charge on any atom is 0.144 e. The third-order valence-corrected chi connectivity index (χ3v) is 4.44. The summed E-state index contributed by atoms with van der Waals surface area (Å²) in [5, 5.41) is 13.1. The highest BCUT2D eigenvalue weighted by atomic mass is 32.2. The predicted molar refractivity (Wildman–Crippen MR) is 72.3 cm³/mol. The summed E-state index contributed by atoms with van der Waals surface area (Å²) >= 11 is 2.03. The van der Waals surface area contributed by atoms with Crippen molar-refractivity contribution >= 4 is 17.6 Å². The Morgan fingerprint density at radius 3 is 3.18 bits per heavy atom. The number of hydrogen-bond donors (Lipinski definition) is 1. The lowest BCUT2D eigenvalue weighted by Crippen LogP contribution is -2.21. The van der Waals surface area contributed by atoms with Crippen LogP contribution < -0.4 is 5.32 Å². The molecule has 1 aliphatic heterocycles. The SMILES string of the molecule is Cc1ccnc(NCC2CCCCS2)c1C#N. The summed E-state index contributed by atoms with van der Waals surface area (Å²) in [6, 6.07) is 4.09. The van der Waals surface area contributed by atoms with Crippen molar-refractivity contribution in [1.82, 2.24) is 4.98 Å². The smallest absolute Gasteiger partial charge is 0.144 e. The molecule has 1 saturated heterocycles. The molecule has 1 fully saturated rings. The van der Waals surface area contributed by atoms with Crippen molar-refractivity contribution < 1.29 is 0 Å². The molecule has 0 aliphatic carbocycles. The monoisotopic (exact) mass is 247 g/mol. The lowest BCUT2D eigenvalue weighted by atomic mass is 10.1. The molecule has 1 unspecified atom stereocenters. The molecule has 0 saturated carbocycles. The fourth-order valence-electron chi connectivity index (χ4n) is 2.01. The fourth-order valence-corrected chi connectivity index (χ4v) is 3.25.